The molecule has 1 amide bonds. The Morgan fingerprint density at radius 1 is 1.07 bits per heavy atom. The first-order chi connectivity index (χ1) is 22.3. The summed E-state index contributed by atoms with van der Waals surface area (Å²) in [6.45, 7) is 6.28. The van der Waals surface area contributed by atoms with Crippen molar-refractivity contribution in [3.05, 3.63) is 88.7 Å². The number of rotatable bonds is 9. The molecule has 10 heteroatoms. The van der Waals surface area contributed by atoms with E-state index in [4.69, 9.17) is 10.7 Å². The summed E-state index contributed by atoms with van der Waals surface area (Å²) in [5.74, 6) is -0.317. The predicted molar refractivity (Wildman–Crippen MR) is 186 cm³/mol. The van der Waals surface area contributed by atoms with Crippen molar-refractivity contribution in [3.8, 4) is 0 Å². The monoisotopic (exact) mass is 636 g/mol. The summed E-state index contributed by atoms with van der Waals surface area (Å²) in [6, 6.07) is 17.1. The number of allylic oxidation sites excluding steroid dienone is 1. The van der Waals surface area contributed by atoms with Gasteiger partial charge in [-0.1, -0.05) is 68.7 Å². The van der Waals surface area contributed by atoms with E-state index in [0.29, 0.717) is 59.6 Å². The molecule has 238 valence electrons. The molecular weight excluding hydrogens is 597 g/mol. The van der Waals surface area contributed by atoms with E-state index in [1.54, 1.807) is 12.3 Å². The largest absolute Gasteiger partial charge is 0.476 e. The molecule has 1 fully saturated rings. The summed E-state index contributed by atoms with van der Waals surface area (Å²) < 4.78 is 1.01. The van der Waals surface area contributed by atoms with Gasteiger partial charge < -0.3 is 15.7 Å². The third kappa shape index (κ3) is 6.39. The van der Waals surface area contributed by atoms with Gasteiger partial charge in [0.25, 0.3) is 5.91 Å². The zero-order chi connectivity index (χ0) is 32.3. The zero-order valence-corrected chi connectivity index (χ0v) is 27.1. The van der Waals surface area contributed by atoms with Crippen LogP contribution in [0.5, 0.6) is 0 Å². The number of carboxylic acid groups (broad SMARTS) is 1. The number of anilines is 2. The maximum atomic E-state index is 13.5. The van der Waals surface area contributed by atoms with Crippen LogP contribution in [0.3, 0.4) is 0 Å². The molecule has 1 aliphatic heterocycles. The number of hydrogen-bond acceptors (Lipinski definition) is 8. The fraction of sp³-hybridized carbons (Fsp3) is 0.361. The average molecular weight is 637 g/mol. The maximum Gasteiger partial charge on any atom is 0.355 e. The molecule has 0 saturated heterocycles. The lowest BCUT2D eigenvalue weighted by atomic mass is 9.67. The van der Waals surface area contributed by atoms with Crippen molar-refractivity contribution < 1.29 is 14.7 Å². The van der Waals surface area contributed by atoms with Gasteiger partial charge in [-0.25, -0.2) is 14.8 Å². The first-order valence-corrected chi connectivity index (χ1v) is 16.8. The van der Waals surface area contributed by atoms with Gasteiger partial charge in [-0.3, -0.25) is 15.1 Å². The normalized spacial score (nSPS) is 16.6. The fourth-order valence-corrected chi connectivity index (χ4v) is 7.66. The Hall–Kier alpha value is -4.57. The van der Waals surface area contributed by atoms with Crippen molar-refractivity contribution in [3.63, 3.8) is 0 Å². The number of thiazole rings is 1. The van der Waals surface area contributed by atoms with Gasteiger partial charge in [-0.05, 0) is 72.1 Å². The number of carbonyl (C=O) groups excluding carboxylic acids is 1. The van der Waals surface area contributed by atoms with E-state index in [0.717, 1.165) is 34.2 Å². The molecule has 46 heavy (non-hydrogen) atoms. The van der Waals surface area contributed by atoms with Gasteiger partial charge in [-0.15, -0.1) is 0 Å². The SMILES string of the molecule is CC(C)C1(CN=C/C(=C\N)c2ccc(N3CCc4cccc(C(=O)Nc5nc6ccccc6s5)c4C3)nc2C(=O)O)CCCCC1. The second-order valence-electron chi connectivity index (χ2n) is 12.6. The Balaban J connectivity index is 1.22. The highest BCUT2D eigenvalue weighted by atomic mass is 32.1. The van der Waals surface area contributed by atoms with Crippen molar-refractivity contribution in [2.75, 3.05) is 23.3 Å². The molecule has 2 aromatic carbocycles. The number of aliphatic imine (C=N–C) groups is 1. The number of aromatic nitrogens is 2. The number of para-hydroxylation sites is 1. The van der Waals surface area contributed by atoms with Crippen molar-refractivity contribution in [1.82, 2.24) is 9.97 Å². The molecule has 9 nitrogen and oxygen atoms in total. The smallest absolute Gasteiger partial charge is 0.355 e. The zero-order valence-electron chi connectivity index (χ0n) is 26.3. The van der Waals surface area contributed by atoms with Gasteiger partial charge in [0.15, 0.2) is 10.8 Å². The lowest BCUT2D eigenvalue weighted by Gasteiger charge is -2.39. The Labute approximate surface area is 273 Å². The second-order valence-corrected chi connectivity index (χ2v) is 13.6. The van der Waals surface area contributed by atoms with Crippen molar-refractivity contribution >= 4 is 56.2 Å². The van der Waals surface area contributed by atoms with Crippen molar-refractivity contribution in [2.45, 2.75) is 58.9 Å². The molecule has 0 unspecified atom stereocenters. The number of carboxylic acids is 1. The number of carbonyl (C=O) groups is 2. The highest BCUT2D eigenvalue weighted by molar-refractivity contribution is 7.22. The second kappa shape index (κ2) is 13.4. The van der Waals surface area contributed by atoms with Crippen LogP contribution in [0.15, 0.2) is 65.8 Å². The number of nitrogens with two attached hydrogens (primary N) is 1. The number of pyridine rings is 1. The van der Waals surface area contributed by atoms with Crippen LogP contribution in [-0.4, -0.2) is 46.3 Å². The molecule has 1 aliphatic carbocycles. The van der Waals surface area contributed by atoms with E-state index >= 15 is 0 Å². The first-order valence-electron chi connectivity index (χ1n) is 16.0. The van der Waals surface area contributed by atoms with E-state index in [2.05, 4.69) is 29.1 Å². The summed E-state index contributed by atoms with van der Waals surface area (Å²) >= 11 is 1.44. The summed E-state index contributed by atoms with van der Waals surface area (Å²) in [6.07, 6.45) is 9.83. The molecule has 4 aromatic rings. The Morgan fingerprint density at radius 3 is 2.61 bits per heavy atom. The molecule has 2 aromatic heterocycles. The number of aromatic carboxylic acids is 1. The van der Waals surface area contributed by atoms with Gasteiger partial charge in [0.2, 0.25) is 0 Å². The molecule has 0 bridgehead atoms. The van der Waals surface area contributed by atoms with Gasteiger partial charge in [0.05, 0.1) is 10.2 Å². The van der Waals surface area contributed by atoms with Crippen molar-refractivity contribution in [1.29, 1.82) is 0 Å². The third-order valence-corrected chi connectivity index (χ3v) is 10.6. The first kappa shape index (κ1) is 31.4. The highest BCUT2D eigenvalue weighted by Gasteiger charge is 2.34. The molecular formula is C36H40N6O3S. The van der Waals surface area contributed by atoms with Gasteiger partial charge in [-0.2, -0.15) is 0 Å². The number of nitrogens with one attached hydrogen (secondary N) is 1. The van der Waals surface area contributed by atoms with Gasteiger partial charge in [0, 0.05) is 48.7 Å². The highest BCUT2D eigenvalue weighted by Crippen LogP contribution is 2.42. The average Bonchev–Trinajstić information content (AvgIpc) is 3.48. The molecule has 0 radical (unpaired) electrons. The molecule has 6 rings (SSSR count). The van der Waals surface area contributed by atoms with Gasteiger partial charge >= 0.3 is 5.97 Å². The van der Waals surface area contributed by atoms with Gasteiger partial charge in [0.1, 0.15) is 5.82 Å². The van der Waals surface area contributed by atoms with Crippen LogP contribution >= 0.6 is 11.3 Å². The minimum Gasteiger partial charge on any atom is -0.476 e. The fourth-order valence-electron chi connectivity index (χ4n) is 6.80. The minimum atomic E-state index is -1.14. The summed E-state index contributed by atoms with van der Waals surface area (Å²) in [7, 11) is 0. The number of benzene rings is 2. The third-order valence-electron chi connectivity index (χ3n) is 9.64. The van der Waals surface area contributed by atoms with Crippen LogP contribution in [0.1, 0.15) is 83.5 Å². The van der Waals surface area contributed by atoms with E-state index in [9.17, 15) is 14.7 Å². The maximum absolute atomic E-state index is 13.5. The van der Waals surface area contributed by atoms with E-state index < -0.39 is 5.97 Å². The summed E-state index contributed by atoms with van der Waals surface area (Å²) in [5, 5.41) is 13.7. The summed E-state index contributed by atoms with van der Waals surface area (Å²) in [4.78, 5) is 41.9. The molecule has 2 aliphatic rings. The van der Waals surface area contributed by atoms with Crippen LogP contribution in [0.4, 0.5) is 10.9 Å². The minimum absolute atomic E-state index is 0.0791. The van der Waals surface area contributed by atoms with Crippen molar-refractivity contribution in [2.24, 2.45) is 22.1 Å². The molecule has 3 heterocycles. The van der Waals surface area contributed by atoms with Crippen LogP contribution < -0.4 is 16.0 Å². The predicted octanol–water partition coefficient (Wildman–Crippen LogP) is 7.18. The molecule has 0 spiro atoms. The number of hydrogen-bond donors (Lipinski definition) is 3. The lowest BCUT2D eigenvalue weighted by molar-refractivity contribution is 0.0690. The lowest BCUT2D eigenvalue weighted by Crippen LogP contribution is -2.33. The molecule has 4 N–H and O–H groups in total. The quantitative estimate of drug-likeness (QED) is 0.166. The molecule has 0 atom stereocenters. The van der Waals surface area contributed by atoms with Crippen LogP contribution in [-0.2, 0) is 13.0 Å². The van der Waals surface area contributed by atoms with E-state index in [-0.39, 0.29) is 17.0 Å². The van der Waals surface area contributed by atoms with E-state index in [1.807, 2.05) is 53.4 Å². The van der Waals surface area contributed by atoms with Crippen LogP contribution in [0.25, 0.3) is 15.8 Å². The summed E-state index contributed by atoms with van der Waals surface area (Å²) in [5.41, 5.74) is 10.5. The Kier molecular flexibility index (Phi) is 9.17. The topological polar surface area (TPSA) is 134 Å². The number of fused-ring (bicyclic) bond motifs is 2. The molecule has 1 saturated carbocycles. The van der Waals surface area contributed by atoms with Crippen LogP contribution in [0, 0.1) is 11.3 Å². The number of amides is 1. The standard InChI is InChI=1S/C36H40N6O3S/c1-23(2)36(16-6-3-7-17-36)22-38-20-25(19-37)26-13-14-31(40-32(26)34(44)45)42-18-15-24-9-8-10-27(28(24)21-42)33(43)41-35-39-29-11-4-5-12-30(29)46-35/h4-5,8-14,19-20,23H,3,6-7,15-18,21-22,37H2,1-2H3,(H,44,45)(H,39,41,43)/b25-19+,38-20?. The van der Waals surface area contributed by atoms with E-state index in [1.165, 1.54) is 36.8 Å². The Morgan fingerprint density at radius 2 is 1.87 bits per heavy atom. The van der Waals surface area contributed by atoms with Crippen LogP contribution in [0.2, 0.25) is 0 Å². The number of nitrogens with zero attached hydrogens (tertiary/aromatic N) is 4. The Bertz CT molecular complexity index is 1790.